The largest absolute Gasteiger partial charge is 0.409 e. The van der Waals surface area contributed by atoms with Gasteiger partial charge in [0.1, 0.15) is 5.84 Å². The zero-order chi connectivity index (χ0) is 12.7. The Morgan fingerprint density at radius 2 is 2.12 bits per heavy atom. The molecule has 5 heteroatoms. The highest BCUT2D eigenvalue weighted by atomic mass is 16.5. The first-order valence-electron chi connectivity index (χ1n) is 6.41. The Kier molecular flexibility index (Phi) is 6.29. The van der Waals surface area contributed by atoms with E-state index in [-0.39, 0.29) is 0 Å². The molecule has 1 fully saturated rings. The average Bonchev–Trinajstić information content (AvgIpc) is 2.34. The fourth-order valence-electron chi connectivity index (χ4n) is 2.25. The molecule has 1 heterocycles. The summed E-state index contributed by atoms with van der Waals surface area (Å²) in [6.45, 7) is 8.05. The van der Waals surface area contributed by atoms with E-state index >= 15 is 0 Å². The molecule has 0 bridgehead atoms. The normalized spacial score (nSPS) is 19.2. The highest BCUT2D eigenvalue weighted by Crippen LogP contribution is 2.16. The molecule has 100 valence electrons. The van der Waals surface area contributed by atoms with E-state index in [9.17, 15) is 0 Å². The molecular weight excluding hydrogens is 218 g/mol. The Hall–Kier alpha value is -0.810. The monoisotopic (exact) mass is 243 g/mol. The van der Waals surface area contributed by atoms with E-state index in [0.29, 0.717) is 24.2 Å². The van der Waals surface area contributed by atoms with Crippen LogP contribution in [-0.2, 0) is 4.74 Å². The van der Waals surface area contributed by atoms with Crippen LogP contribution in [-0.4, -0.2) is 48.3 Å². The number of oxime groups is 1. The molecule has 0 aliphatic carbocycles. The summed E-state index contributed by atoms with van der Waals surface area (Å²) in [5.41, 5.74) is 5.53. The lowest BCUT2D eigenvalue weighted by Crippen LogP contribution is -2.42. The number of ether oxygens (including phenoxy) is 1. The van der Waals surface area contributed by atoms with Crippen LogP contribution in [0.25, 0.3) is 0 Å². The maximum atomic E-state index is 8.56. The van der Waals surface area contributed by atoms with Crippen LogP contribution >= 0.6 is 0 Å². The Bertz CT molecular complexity index is 238. The number of nitrogens with zero attached hydrogens (tertiary/aromatic N) is 2. The van der Waals surface area contributed by atoms with Crippen molar-refractivity contribution in [3.63, 3.8) is 0 Å². The van der Waals surface area contributed by atoms with Gasteiger partial charge in [0.05, 0.1) is 0 Å². The zero-order valence-electron chi connectivity index (χ0n) is 10.9. The Morgan fingerprint density at radius 3 is 2.65 bits per heavy atom. The Balaban J connectivity index is 2.46. The van der Waals surface area contributed by atoms with Crippen LogP contribution < -0.4 is 5.73 Å². The van der Waals surface area contributed by atoms with E-state index in [1.54, 1.807) is 0 Å². The van der Waals surface area contributed by atoms with Crippen molar-refractivity contribution in [2.24, 2.45) is 16.8 Å². The van der Waals surface area contributed by atoms with Crippen LogP contribution in [0, 0.1) is 5.92 Å². The third kappa shape index (κ3) is 5.37. The predicted molar refractivity (Wildman–Crippen MR) is 68.3 cm³/mol. The van der Waals surface area contributed by atoms with Crippen LogP contribution in [0.1, 0.15) is 33.1 Å². The van der Waals surface area contributed by atoms with Crippen molar-refractivity contribution in [3.8, 4) is 0 Å². The molecule has 0 aromatic carbocycles. The van der Waals surface area contributed by atoms with Crippen molar-refractivity contribution >= 4 is 5.84 Å². The van der Waals surface area contributed by atoms with Crippen LogP contribution in [0.4, 0.5) is 0 Å². The summed E-state index contributed by atoms with van der Waals surface area (Å²) in [5, 5.41) is 11.6. The summed E-state index contributed by atoms with van der Waals surface area (Å²) in [6.07, 6.45) is 2.80. The molecule has 1 aliphatic rings. The fourth-order valence-corrected chi connectivity index (χ4v) is 2.25. The molecule has 17 heavy (non-hydrogen) atoms. The zero-order valence-corrected chi connectivity index (χ0v) is 10.9. The Morgan fingerprint density at radius 1 is 1.47 bits per heavy atom. The molecular formula is C12H25N3O2. The molecule has 1 rings (SSSR count). The SMILES string of the molecule is CC(C)CN(CCC(N)=NO)C1CCOCC1. The number of rotatable bonds is 6. The van der Waals surface area contributed by atoms with E-state index in [4.69, 9.17) is 15.7 Å². The molecule has 1 saturated heterocycles. The lowest BCUT2D eigenvalue weighted by Gasteiger charge is -2.35. The summed E-state index contributed by atoms with van der Waals surface area (Å²) < 4.78 is 5.39. The maximum Gasteiger partial charge on any atom is 0.140 e. The van der Waals surface area contributed by atoms with Gasteiger partial charge in [-0.3, -0.25) is 4.90 Å². The van der Waals surface area contributed by atoms with Gasteiger partial charge < -0.3 is 15.7 Å². The van der Waals surface area contributed by atoms with Crippen molar-refractivity contribution < 1.29 is 9.94 Å². The second-order valence-electron chi connectivity index (χ2n) is 5.07. The number of amidine groups is 1. The Labute approximate surface area is 104 Å². The number of nitrogens with two attached hydrogens (primary N) is 1. The van der Waals surface area contributed by atoms with Gasteiger partial charge in [0.15, 0.2) is 0 Å². The molecule has 0 radical (unpaired) electrons. The van der Waals surface area contributed by atoms with E-state index in [1.165, 1.54) is 0 Å². The first kappa shape index (κ1) is 14.3. The van der Waals surface area contributed by atoms with Crippen molar-refractivity contribution in [2.45, 2.75) is 39.2 Å². The molecule has 0 aromatic heterocycles. The molecule has 0 unspecified atom stereocenters. The third-order valence-corrected chi connectivity index (χ3v) is 3.09. The van der Waals surface area contributed by atoms with Gasteiger partial charge in [0.25, 0.3) is 0 Å². The molecule has 1 aliphatic heterocycles. The topological polar surface area (TPSA) is 71.1 Å². The van der Waals surface area contributed by atoms with Gasteiger partial charge in [-0.1, -0.05) is 19.0 Å². The van der Waals surface area contributed by atoms with Gasteiger partial charge >= 0.3 is 0 Å². The third-order valence-electron chi connectivity index (χ3n) is 3.09. The fraction of sp³-hybridized carbons (Fsp3) is 0.917. The van der Waals surface area contributed by atoms with Crippen molar-refractivity contribution in [1.82, 2.24) is 4.90 Å². The van der Waals surface area contributed by atoms with Crippen LogP contribution in [0.15, 0.2) is 5.16 Å². The minimum Gasteiger partial charge on any atom is -0.409 e. The van der Waals surface area contributed by atoms with Crippen molar-refractivity contribution in [1.29, 1.82) is 0 Å². The van der Waals surface area contributed by atoms with Crippen LogP contribution in [0.5, 0.6) is 0 Å². The van der Waals surface area contributed by atoms with E-state index in [2.05, 4.69) is 23.9 Å². The first-order chi connectivity index (χ1) is 8.13. The van der Waals surface area contributed by atoms with Gasteiger partial charge in [-0.15, -0.1) is 0 Å². The molecule has 0 saturated carbocycles. The van der Waals surface area contributed by atoms with E-state index < -0.39 is 0 Å². The van der Waals surface area contributed by atoms with Crippen molar-refractivity contribution in [2.75, 3.05) is 26.3 Å². The minimum absolute atomic E-state index is 0.311. The van der Waals surface area contributed by atoms with Crippen LogP contribution in [0.2, 0.25) is 0 Å². The highest BCUT2D eigenvalue weighted by molar-refractivity contribution is 5.79. The van der Waals surface area contributed by atoms with E-state index in [1.807, 2.05) is 0 Å². The summed E-state index contributed by atoms with van der Waals surface area (Å²) in [4.78, 5) is 2.45. The molecule has 3 N–H and O–H groups in total. The summed E-state index contributed by atoms with van der Waals surface area (Å²) in [5.74, 6) is 0.941. The van der Waals surface area contributed by atoms with Gasteiger partial charge in [-0.05, 0) is 18.8 Å². The number of hydrogen-bond donors (Lipinski definition) is 2. The molecule has 5 nitrogen and oxygen atoms in total. The molecule has 0 atom stereocenters. The van der Waals surface area contributed by atoms with Crippen LogP contribution in [0.3, 0.4) is 0 Å². The van der Waals surface area contributed by atoms with Gasteiger partial charge in [-0.2, -0.15) is 0 Å². The summed E-state index contributed by atoms with van der Waals surface area (Å²) >= 11 is 0. The van der Waals surface area contributed by atoms with Crippen molar-refractivity contribution in [3.05, 3.63) is 0 Å². The quantitative estimate of drug-likeness (QED) is 0.319. The number of hydrogen-bond acceptors (Lipinski definition) is 4. The lowest BCUT2D eigenvalue weighted by molar-refractivity contribution is 0.0308. The smallest absolute Gasteiger partial charge is 0.140 e. The standard InChI is InChI=1S/C12H25N3O2/c1-10(2)9-15(6-3-12(13)14-16)11-4-7-17-8-5-11/h10-11,16H,3-9H2,1-2H3,(H2,13,14). The minimum atomic E-state index is 0.311. The molecule has 0 aromatic rings. The molecule has 0 spiro atoms. The predicted octanol–water partition coefficient (Wildman–Crippen LogP) is 1.26. The van der Waals surface area contributed by atoms with Gasteiger partial charge in [-0.25, -0.2) is 0 Å². The molecule has 0 amide bonds. The first-order valence-corrected chi connectivity index (χ1v) is 6.41. The van der Waals surface area contributed by atoms with Gasteiger partial charge in [0, 0.05) is 38.8 Å². The second kappa shape index (κ2) is 7.50. The average molecular weight is 243 g/mol. The maximum absolute atomic E-state index is 8.56. The second-order valence-corrected chi connectivity index (χ2v) is 5.07. The summed E-state index contributed by atoms with van der Waals surface area (Å²) in [6, 6.07) is 0.581. The lowest BCUT2D eigenvalue weighted by atomic mass is 10.0. The highest BCUT2D eigenvalue weighted by Gasteiger charge is 2.21. The van der Waals surface area contributed by atoms with Gasteiger partial charge in [0.2, 0.25) is 0 Å². The van der Waals surface area contributed by atoms with E-state index in [0.717, 1.165) is 39.1 Å². The summed E-state index contributed by atoms with van der Waals surface area (Å²) in [7, 11) is 0.